The molecule has 1 unspecified atom stereocenters. The van der Waals surface area contributed by atoms with Crippen molar-refractivity contribution in [2.45, 2.75) is 12.5 Å². The van der Waals surface area contributed by atoms with Crippen LogP contribution in [0.4, 0.5) is 0 Å². The molecule has 82 valence electrons. The summed E-state index contributed by atoms with van der Waals surface area (Å²) in [5, 5.41) is 0. The first-order valence-corrected chi connectivity index (χ1v) is 5.67. The average molecular weight is 273 g/mol. The van der Waals surface area contributed by atoms with Gasteiger partial charge in [0.15, 0.2) is 0 Å². The summed E-state index contributed by atoms with van der Waals surface area (Å²) >= 11 is 3.45. The average Bonchev–Trinajstić information content (AvgIpc) is 2.74. The van der Waals surface area contributed by atoms with Crippen LogP contribution < -0.4 is 9.47 Å². The smallest absolute Gasteiger partial charge is 0.134 e. The van der Waals surface area contributed by atoms with Crippen LogP contribution in [0.3, 0.4) is 0 Å². The van der Waals surface area contributed by atoms with Gasteiger partial charge in [-0.25, -0.2) is 0 Å². The van der Waals surface area contributed by atoms with E-state index in [-0.39, 0.29) is 6.10 Å². The monoisotopic (exact) mass is 272 g/mol. The second kappa shape index (κ2) is 4.86. The van der Waals surface area contributed by atoms with Crippen LogP contribution in [0.15, 0.2) is 22.7 Å². The lowest BCUT2D eigenvalue weighted by molar-refractivity contribution is 0.141. The standard InChI is InChI=1S/C11H13BrO3/c1-13-8-2-3-11(10(12)6-8)15-9-4-5-14-7-9/h2-3,6,9H,4-5,7H2,1H3. The highest BCUT2D eigenvalue weighted by atomic mass is 79.9. The van der Waals surface area contributed by atoms with Crippen LogP contribution >= 0.6 is 15.9 Å². The highest BCUT2D eigenvalue weighted by Gasteiger charge is 2.18. The first-order valence-electron chi connectivity index (χ1n) is 4.87. The van der Waals surface area contributed by atoms with E-state index in [9.17, 15) is 0 Å². The summed E-state index contributed by atoms with van der Waals surface area (Å²) in [7, 11) is 1.65. The molecule has 1 aromatic rings. The summed E-state index contributed by atoms with van der Waals surface area (Å²) in [4.78, 5) is 0. The first-order chi connectivity index (χ1) is 7.29. The van der Waals surface area contributed by atoms with Crippen molar-refractivity contribution in [1.29, 1.82) is 0 Å². The summed E-state index contributed by atoms with van der Waals surface area (Å²) in [6.45, 7) is 1.47. The Hall–Kier alpha value is -0.740. The number of methoxy groups -OCH3 is 1. The summed E-state index contributed by atoms with van der Waals surface area (Å²) in [6.07, 6.45) is 1.13. The number of ether oxygens (including phenoxy) is 3. The van der Waals surface area contributed by atoms with E-state index in [4.69, 9.17) is 14.2 Å². The molecule has 1 aliphatic heterocycles. The van der Waals surface area contributed by atoms with Crippen LogP contribution in [0.5, 0.6) is 11.5 Å². The minimum Gasteiger partial charge on any atom is -0.497 e. The summed E-state index contributed by atoms with van der Waals surface area (Å²) < 4.78 is 17.0. The lowest BCUT2D eigenvalue weighted by atomic mass is 10.3. The van der Waals surface area contributed by atoms with Crippen molar-refractivity contribution in [1.82, 2.24) is 0 Å². The Bertz CT molecular complexity index is 335. The van der Waals surface area contributed by atoms with Crippen LogP contribution in [0, 0.1) is 0 Å². The van der Waals surface area contributed by atoms with Gasteiger partial charge in [0.05, 0.1) is 24.8 Å². The second-order valence-corrected chi connectivity index (χ2v) is 4.25. The lowest BCUT2D eigenvalue weighted by Crippen LogP contribution is -2.15. The van der Waals surface area contributed by atoms with E-state index in [2.05, 4.69) is 15.9 Å². The van der Waals surface area contributed by atoms with E-state index in [0.717, 1.165) is 29.0 Å². The van der Waals surface area contributed by atoms with Crippen LogP contribution in [0.1, 0.15) is 6.42 Å². The molecule has 0 saturated carbocycles. The van der Waals surface area contributed by atoms with Gasteiger partial charge in [-0.2, -0.15) is 0 Å². The Morgan fingerprint density at radius 1 is 1.47 bits per heavy atom. The predicted molar refractivity (Wildman–Crippen MR) is 60.5 cm³/mol. The van der Waals surface area contributed by atoms with Gasteiger partial charge in [0.2, 0.25) is 0 Å². The molecular formula is C11H13BrO3. The van der Waals surface area contributed by atoms with E-state index >= 15 is 0 Å². The molecule has 3 nitrogen and oxygen atoms in total. The molecule has 2 rings (SSSR count). The zero-order valence-corrected chi connectivity index (χ0v) is 10.1. The van der Waals surface area contributed by atoms with E-state index in [1.807, 2.05) is 18.2 Å². The number of hydrogen-bond acceptors (Lipinski definition) is 3. The fourth-order valence-corrected chi connectivity index (χ4v) is 1.94. The van der Waals surface area contributed by atoms with E-state index in [1.165, 1.54) is 0 Å². The van der Waals surface area contributed by atoms with Gasteiger partial charge in [0.1, 0.15) is 17.6 Å². The molecule has 0 bridgehead atoms. The molecule has 1 fully saturated rings. The van der Waals surface area contributed by atoms with Crippen LogP contribution in [-0.4, -0.2) is 26.4 Å². The zero-order valence-electron chi connectivity index (χ0n) is 8.53. The highest BCUT2D eigenvalue weighted by molar-refractivity contribution is 9.10. The molecule has 1 heterocycles. The molecule has 1 atom stereocenters. The SMILES string of the molecule is COc1ccc(OC2CCOC2)c(Br)c1. The highest BCUT2D eigenvalue weighted by Crippen LogP contribution is 2.30. The van der Waals surface area contributed by atoms with Crippen molar-refractivity contribution in [3.05, 3.63) is 22.7 Å². The van der Waals surface area contributed by atoms with Crippen molar-refractivity contribution in [3.63, 3.8) is 0 Å². The second-order valence-electron chi connectivity index (χ2n) is 3.40. The van der Waals surface area contributed by atoms with Crippen molar-refractivity contribution < 1.29 is 14.2 Å². The Morgan fingerprint density at radius 2 is 2.33 bits per heavy atom. The van der Waals surface area contributed by atoms with Crippen LogP contribution in [0.2, 0.25) is 0 Å². The van der Waals surface area contributed by atoms with Gasteiger partial charge in [-0.1, -0.05) is 0 Å². The molecule has 15 heavy (non-hydrogen) atoms. The number of rotatable bonds is 3. The Labute approximate surface area is 97.5 Å². The minimum absolute atomic E-state index is 0.176. The normalized spacial score (nSPS) is 20.3. The fourth-order valence-electron chi connectivity index (χ4n) is 1.49. The Balaban J connectivity index is 2.07. The third kappa shape index (κ3) is 2.63. The molecule has 0 N–H and O–H groups in total. The van der Waals surface area contributed by atoms with E-state index in [0.29, 0.717) is 6.61 Å². The van der Waals surface area contributed by atoms with Gasteiger partial charge in [0, 0.05) is 6.42 Å². The largest absolute Gasteiger partial charge is 0.497 e. The van der Waals surface area contributed by atoms with Gasteiger partial charge >= 0.3 is 0 Å². The van der Waals surface area contributed by atoms with E-state index in [1.54, 1.807) is 7.11 Å². The topological polar surface area (TPSA) is 27.7 Å². The van der Waals surface area contributed by atoms with Gasteiger partial charge in [-0.05, 0) is 34.1 Å². The predicted octanol–water partition coefficient (Wildman–Crippen LogP) is 2.63. The molecule has 0 radical (unpaired) electrons. The van der Waals surface area contributed by atoms with Crippen LogP contribution in [-0.2, 0) is 4.74 Å². The third-order valence-corrected chi connectivity index (χ3v) is 2.94. The molecule has 1 aliphatic rings. The molecular weight excluding hydrogens is 260 g/mol. The first kappa shape index (κ1) is 10.8. The van der Waals surface area contributed by atoms with Crippen molar-refractivity contribution >= 4 is 15.9 Å². The molecule has 0 aromatic heterocycles. The van der Waals surface area contributed by atoms with E-state index < -0.39 is 0 Å². The van der Waals surface area contributed by atoms with Crippen molar-refractivity contribution in [2.24, 2.45) is 0 Å². The molecule has 1 saturated heterocycles. The lowest BCUT2D eigenvalue weighted by Gasteiger charge is -2.13. The zero-order chi connectivity index (χ0) is 10.7. The van der Waals surface area contributed by atoms with Gasteiger partial charge in [-0.3, -0.25) is 0 Å². The maximum absolute atomic E-state index is 5.78. The molecule has 4 heteroatoms. The van der Waals surface area contributed by atoms with Crippen LogP contribution in [0.25, 0.3) is 0 Å². The quantitative estimate of drug-likeness (QED) is 0.847. The molecule has 0 spiro atoms. The summed E-state index contributed by atoms with van der Waals surface area (Å²) in [5.41, 5.74) is 0. The minimum atomic E-state index is 0.176. The summed E-state index contributed by atoms with van der Waals surface area (Å²) in [6, 6.07) is 5.68. The van der Waals surface area contributed by atoms with Gasteiger partial charge < -0.3 is 14.2 Å². The molecule has 0 amide bonds. The van der Waals surface area contributed by atoms with Gasteiger partial charge in [0.25, 0.3) is 0 Å². The number of halogens is 1. The molecule has 0 aliphatic carbocycles. The van der Waals surface area contributed by atoms with Gasteiger partial charge in [-0.15, -0.1) is 0 Å². The molecule has 1 aromatic carbocycles. The number of hydrogen-bond donors (Lipinski definition) is 0. The maximum atomic E-state index is 5.78. The third-order valence-electron chi connectivity index (χ3n) is 2.32. The van der Waals surface area contributed by atoms with Crippen molar-refractivity contribution in [2.75, 3.05) is 20.3 Å². The number of benzene rings is 1. The maximum Gasteiger partial charge on any atom is 0.134 e. The Morgan fingerprint density at radius 3 is 2.93 bits per heavy atom. The Kier molecular flexibility index (Phi) is 3.49. The van der Waals surface area contributed by atoms with Crippen molar-refractivity contribution in [3.8, 4) is 11.5 Å². The fraction of sp³-hybridized carbons (Fsp3) is 0.455. The summed E-state index contributed by atoms with van der Waals surface area (Å²) in [5.74, 6) is 1.66.